The van der Waals surface area contributed by atoms with Crippen molar-refractivity contribution < 1.29 is 28.2 Å². The number of amides is 2. The van der Waals surface area contributed by atoms with Gasteiger partial charge in [-0.15, -0.1) is 5.10 Å². The Morgan fingerprint density at radius 1 is 1.20 bits per heavy atom. The van der Waals surface area contributed by atoms with Gasteiger partial charge in [0.2, 0.25) is 12.1 Å². The Hall–Kier alpha value is -5.63. The largest absolute Gasteiger partial charge is 0.420 e. The molecule has 0 spiro atoms. The number of ether oxygens (including phenoxy) is 1. The van der Waals surface area contributed by atoms with Gasteiger partial charge in [0, 0.05) is 40.3 Å². The number of halogens is 1. The molecule has 4 atom stereocenters. The number of hydrogen-bond acceptors (Lipinski definition) is 10. The molecule has 14 nitrogen and oxygen atoms in total. The van der Waals surface area contributed by atoms with Gasteiger partial charge < -0.3 is 24.5 Å². The summed E-state index contributed by atoms with van der Waals surface area (Å²) in [4.78, 5) is 38.5. The van der Waals surface area contributed by atoms with E-state index < -0.39 is 36.2 Å². The Bertz CT molecular complexity index is 2120. The van der Waals surface area contributed by atoms with Crippen LogP contribution < -0.4 is 10.2 Å². The molecular weight excluding hydrogens is 705 g/mol. The van der Waals surface area contributed by atoms with Gasteiger partial charge >= 0.3 is 12.1 Å². The second kappa shape index (κ2) is 16.4. The lowest BCUT2D eigenvalue weighted by Crippen LogP contribution is -2.51. The van der Waals surface area contributed by atoms with Crippen LogP contribution in [0.1, 0.15) is 68.3 Å². The van der Waals surface area contributed by atoms with Crippen molar-refractivity contribution in [3.8, 4) is 11.5 Å². The van der Waals surface area contributed by atoms with Crippen LogP contribution in [-0.4, -0.2) is 75.9 Å². The number of likely N-dealkylation sites (tertiary alicyclic amines) is 1. The number of aliphatic imine (C=N–C) groups is 1. The second-order valence-corrected chi connectivity index (χ2v) is 14.4. The zero-order chi connectivity index (χ0) is 38.5. The molecule has 1 aromatic heterocycles. The fourth-order valence-corrected chi connectivity index (χ4v) is 8.36. The smallest absolute Gasteiger partial charge is 0.419 e. The topological polar surface area (TPSA) is 182 Å². The number of fused-ring (bicyclic) bond motifs is 4. The molecule has 2 bridgehead atoms. The number of hydrogen-bond donors (Lipinski definition) is 2. The van der Waals surface area contributed by atoms with E-state index in [4.69, 9.17) is 14.1 Å². The van der Waals surface area contributed by atoms with E-state index in [0.717, 1.165) is 49.3 Å². The molecule has 3 unspecified atom stereocenters. The summed E-state index contributed by atoms with van der Waals surface area (Å²) in [6.45, 7) is 6.61. The first-order chi connectivity index (χ1) is 26.7. The van der Waals surface area contributed by atoms with Crippen molar-refractivity contribution in [3.05, 3.63) is 105 Å². The Labute approximate surface area is 318 Å². The molecule has 2 fully saturated rings. The first kappa shape index (κ1) is 37.7. The van der Waals surface area contributed by atoms with Crippen LogP contribution in [0.5, 0.6) is 0 Å². The molecule has 3 aromatic rings. The van der Waals surface area contributed by atoms with Gasteiger partial charge in [-0.25, -0.2) is 19.1 Å². The van der Waals surface area contributed by atoms with Gasteiger partial charge in [0.15, 0.2) is 0 Å². The monoisotopic (exact) mass is 749 g/mol. The molecular formula is C40H44FN9O5. The molecule has 2 aliphatic heterocycles. The molecule has 1 saturated heterocycles. The molecule has 286 valence electrons. The van der Waals surface area contributed by atoms with Crippen LogP contribution in [0.2, 0.25) is 0 Å². The van der Waals surface area contributed by atoms with E-state index in [9.17, 15) is 24.6 Å². The number of aromatic nitrogens is 2. The van der Waals surface area contributed by atoms with Crippen LogP contribution in [0.3, 0.4) is 0 Å². The molecule has 2 N–H and O–H groups in total. The minimum Gasteiger partial charge on any atom is -0.419 e. The lowest BCUT2D eigenvalue weighted by molar-refractivity contribution is 0.102. The normalized spacial score (nSPS) is 23.9. The zero-order valence-electron chi connectivity index (χ0n) is 30.9. The molecule has 2 amide bonds. The number of benzene rings is 2. The highest BCUT2D eigenvalue weighted by atomic mass is 19.1. The number of dihydropyridines is 1. The Morgan fingerprint density at radius 3 is 2.78 bits per heavy atom. The number of aliphatic hydroxyl groups is 1. The Morgan fingerprint density at radius 2 is 2.02 bits per heavy atom. The van der Waals surface area contributed by atoms with E-state index in [1.807, 2.05) is 19.1 Å². The van der Waals surface area contributed by atoms with E-state index in [0.29, 0.717) is 36.1 Å². The van der Waals surface area contributed by atoms with Crippen molar-refractivity contribution in [1.29, 1.82) is 0 Å². The predicted molar refractivity (Wildman–Crippen MR) is 205 cm³/mol. The first-order valence-corrected chi connectivity index (χ1v) is 18.7. The molecule has 2 aliphatic carbocycles. The van der Waals surface area contributed by atoms with E-state index >= 15 is 0 Å². The van der Waals surface area contributed by atoms with Crippen molar-refractivity contribution in [2.24, 2.45) is 21.9 Å². The average Bonchev–Trinajstić information content (AvgIpc) is 3.66. The minimum atomic E-state index is -0.917. The maximum Gasteiger partial charge on any atom is 0.420 e. The number of anilines is 2. The van der Waals surface area contributed by atoms with Gasteiger partial charge in [0.1, 0.15) is 5.82 Å². The predicted octanol–water partition coefficient (Wildman–Crippen LogP) is 7.76. The molecule has 3 heterocycles. The summed E-state index contributed by atoms with van der Waals surface area (Å²) in [5, 5.41) is 25.7. The summed E-state index contributed by atoms with van der Waals surface area (Å²) in [5.41, 5.74) is 12.8. The number of aliphatic hydroxyl groups excluding tert-OH is 1. The van der Waals surface area contributed by atoms with Crippen molar-refractivity contribution in [1.82, 2.24) is 15.1 Å². The van der Waals surface area contributed by atoms with Gasteiger partial charge in [-0.3, -0.25) is 4.79 Å². The first-order valence-electron chi connectivity index (χ1n) is 18.7. The average molecular weight is 750 g/mol. The van der Waals surface area contributed by atoms with Crippen LogP contribution in [0.4, 0.5) is 20.9 Å². The summed E-state index contributed by atoms with van der Waals surface area (Å²) in [6, 6.07) is 10.3. The van der Waals surface area contributed by atoms with Crippen LogP contribution in [0.15, 0.2) is 92.4 Å². The van der Waals surface area contributed by atoms with Gasteiger partial charge in [-0.2, -0.15) is 0 Å². The second-order valence-electron chi connectivity index (χ2n) is 14.4. The van der Waals surface area contributed by atoms with Gasteiger partial charge in [-0.05, 0) is 113 Å². The summed E-state index contributed by atoms with van der Waals surface area (Å²) in [6.07, 6.45) is 11.6. The highest BCUT2D eigenvalue weighted by Crippen LogP contribution is 2.52. The van der Waals surface area contributed by atoms with Crippen LogP contribution in [0, 0.1) is 17.7 Å². The molecule has 2 aromatic carbocycles. The highest BCUT2D eigenvalue weighted by molar-refractivity contribution is 6.04. The number of piperidine rings is 1. The molecule has 0 radical (unpaired) electrons. The number of carbonyl (C=O) groups excluding carboxylic acids is 2. The van der Waals surface area contributed by atoms with E-state index in [2.05, 4.69) is 43.4 Å². The quantitative estimate of drug-likeness (QED) is 0.0863. The molecule has 1 saturated carbocycles. The van der Waals surface area contributed by atoms with Crippen LogP contribution >= 0.6 is 0 Å². The number of carbonyl (C=O) groups is 2. The number of nitrogens with zero attached hydrogens (tertiary/aromatic N) is 8. The van der Waals surface area contributed by atoms with Crippen LogP contribution in [-0.2, 0) is 11.3 Å². The summed E-state index contributed by atoms with van der Waals surface area (Å²) >= 11 is 0. The van der Waals surface area contributed by atoms with E-state index in [1.165, 1.54) is 35.6 Å². The Balaban J connectivity index is 1.11. The highest BCUT2D eigenvalue weighted by Gasteiger charge is 2.51. The van der Waals surface area contributed by atoms with Gasteiger partial charge in [-0.1, -0.05) is 58.1 Å². The third kappa shape index (κ3) is 7.81. The van der Waals surface area contributed by atoms with E-state index in [-0.39, 0.29) is 35.8 Å². The maximum absolute atomic E-state index is 14.2. The van der Waals surface area contributed by atoms with Gasteiger partial charge in [0.25, 0.3) is 5.91 Å². The minimum absolute atomic E-state index is 0.0335. The zero-order valence-corrected chi connectivity index (χ0v) is 30.9. The lowest BCUT2D eigenvalue weighted by Gasteiger charge is -2.49. The fourth-order valence-electron chi connectivity index (χ4n) is 8.36. The van der Waals surface area contributed by atoms with Crippen molar-refractivity contribution in [2.75, 3.05) is 36.4 Å². The third-order valence-electron chi connectivity index (χ3n) is 10.8. The van der Waals surface area contributed by atoms with Crippen LogP contribution in [0.25, 0.3) is 21.9 Å². The van der Waals surface area contributed by atoms with Crippen molar-refractivity contribution in [3.63, 3.8) is 0 Å². The summed E-state index contributed by atoms with van der Waals surface area (Å²) in [7, 11) is 0. The number of allylic oxidation sites excluding steroid dienone is 2. The standard InChI is InChI=1S/C40H44FN9O5/c1-3-31-26-20-25(2)23-40(31,47-48-42)32-14-15-35(44-34(32)22-26)54-39(53)50(19-9-18-49-16-7-4-8-17-49)38-46-45-37(55-38)29-13-12-28(21-27(29)24-51)43-36(52)30-10-5-6-11-33(30)41/h3,5-6,10-15,20-21,26,32,35,51H,4,7-9,16-19,22-24H2,1-2H3,(H,43,52)/t26-,32?,35?,40?/m1/s1. The Kier molecular flexibility index (Phi) is 11.2. The molecule has 15 heteroatoms. The maximum atomic E-state index is 14.2. The van der Waals surface area contributed by atoms with Crippen molar-refractivity contribution >= 4 is 29.4 Å². The summed E-state index contributed by atoms with van der Waals surface area (Å²) < 4.78 is 26.2. The SMILES string of the molecule is CC=C1[C@@H]2C=C(C)CC1(N=[N+]=[N-])C1C=CC(OC(=O)N(CCCN3CCCCC3)c3nnc(-c4ccc(NC(=O)c5ccccc5F)cc4CO)o3)N=C1C2. The lowest BCUT2D eigenvalue weighted by atomic mass is 9.58. The van der Waals surface area contributed by atoms with E-state index in [1.54, 1.807) is 24.3 Å². The number of nitrogens with one attached hydrogen (secondary N) is 1. The third-order valence-corrected chi connectivity index (χ3v) is 10.8. The molecule has 4 aliphatic rings. The molecule has 55 heavy (non-hydrogen) atoms. The summed E-state index contributed by atoms with van der Waals surface area (Å²) in [5.74, 6) is -1.48. The number of rotatable bonds is 11. The van der Waals surface area contributed by atoms with Crippen molar-refractivity contribution in [2.45, 2.75) is 70.7 Å². The fraction of sp³-hybridized carbons (Fsp3) is 0.425. The van der Waals surface area contributed by atoms with Gasteiger partial charge in [0.05, 0.1) is 17.7 Å². The molecule has 7 rings (SSSR count). The number of azide groups is 1.